The highest BCUT2D eigenvalue weighted by Gasteiger charge is 2.27. The third-order valence-electron chi connectivity index (χ3n) is 3.50. The quantitative estimate of drug-likeness (QED) is 0.471. The molecule has 0 spiro atoms. The number of rotatable bonds is 5. The summed E-state index contributed by atoms with van der Waals surface area (Å²) in [4.78, 5) is 22.8. The van der Waals surface area contributed by atoms with Crippen LogP contribution in [0.1, 0.15) is 15.9 Å². The number of hydrogen-bond donors (Lipinski definition) is 0. The van der Waals surface area contributed by atoms with Crippen LogP contribution in [-0.4, -0.2) is 30.7 Å². The number of carbonyl (C=O) groups is 1. The molecule has 25 heavy (non-hydrogen) atoms. The first-order valence-corrected chi connectivity index (χ1v) is 7.62. The molecule has 7 heteroatoms. The molecule has 0 unspecified atom stereocenters. The molecular weight excluding hydrogens is 326 g/mol. The maximum atomic E-state index is 12.2. The summed E-state index contributed by atoms with van der Waals surface area (Å²) in [6, 6.07) is 12.0. The van der Waals surface area contributed by atoms with Crippen LogP contribution >= 0.6 is 0 Å². The van der Waals surface area contributed by atoms with Gasteiger partial charge in [0.2, 0.25) is 0 Å². The van der Waals surface area contributed by atoms with E-state index in [0.29, 0.717) is 19.0 Å². The number of esters is 1. The van der Waals surface area contributed by atoms with E-state index in [1.165, 1.54) is 12.1 Å². The van der Waals surface area contributed by atoms with Gasteiger partial charge in [-0.15, -0.1) is 0 Å². The average Bonchev–Trinajstić information content (AvgIpc) is 2.64. The van der Waals surface area contributed by atoms with E-state index in [9.17, 15) is 14.9 Å². The van der Waals surface area contributed by atoms with Crippen LogP contribution in [0.3, 0.4) is 0 Å². The van der Waals surface area contributed by atoms with Gasteiger partial charge in [-0.2, -0.15) is 0 Å². The van der Waals surface area contributed by atoms with Gasteiger partial charge in [0, 0.05) is 6.07 Å². The molecule has 0 saturated heterocycles. The Morgan fingerprint density at radius 1 is 1.16 bits per heavy atom. The van der Waals surface area contributed by atoms with Crippen molar-refractivity contribution >= 4 is 17.7 Å². The van der Waals surface area contributed by atoms with Crippen LogP contribution < -0.4 is 9.47 Å². The first-order valence-electron chi connectivity index (χ1n) is 7.62. The second-order valence-corrected chi connectivity index (χ2v) is 5.18. The lowest BCUT2D eigenvalue weighted by atomic mass is 10.1. The number of nitro groups is 1. The summed E-state index contributed by atoms with van der Waals surface area (Å²) in [5, 5.41) is 11.2. The molecule has 0 radical (unpaired) electrons. The average molecular weight is 341 g/mol. The van der Waals surface area contributed by atoms with E-state index in [1.807, 2.05) is 30.3 Å². The van der Waals surface area contributed by atoms with Crippen LogP contribution in [0, 0.1) is 10.1 Å². The van der Waals surface area contributed by atoms with E-state index in [1.54, 1.807) is 12.2 Å². The molecule has 0 amide bonds. The minimum absolute atomic E-state index is 0.000671. The van der Waals surface area contributed by atoms with E-state index >= 15 is 0 Å². The Labute approximate surface area is 143 Å². The molecule has 0 N–H and O–H groups in total. The fourth-order valence-corrected chi connectivity index (χ4v) is 2.34. The molecule has 0 aliphatic carbocycles. The molecule has 0 aromatic heterocycles. The van der Waals surface area contributed by atoms with Gasteiger partial charge in [-0.1, -0.05) is 36.4 Å². The highest BCUT2D eigenvalue weighted by molar-refractivity contribution is 5.95. The van der Waals surface area contributed by atoms with Crippen molar-refractivity contribution in [2.24, 2.45) is 0 Å². The first-order chi connectivity index (χ1) is 12.1. The van der Waals surface area contributed by atoms with Crippen molar-refractivity contribution in [2.45, 2.75) is 0 Å². The van der Waals surface area contributed by atoms with Crippen molar-refractivity contribution in [3.05, 3.63) is 69.8 Å². The maximum absolute atomic E-state index is 12.2. The van der Waals surface area contributed by atoms with Gasteiger partial charge >= 0.3 is 5.97 Å². The smallest absolute Gasteiger partial charge is 0.345 e. The van der Waals surface area contributed by atoms with Crippen molar-refractivity contribution in [1.82, 2.24) is 0 Å². The van der Waals surface area contributed by atoms with E-state index in [-0.39, 0.29) is 23.6 Å². The molecule has 3 rings (SSSR count). The van der Waals surface area contributed by atoms with Crippen LogP contribution in [0.25, 0.3) is 6.08 Å². The van der Waals surface area contributed by atoms with Gasteiger partial charge < -0.3 is 14.2 Å². The Kier molecular flexibility index (Phi) is 4.94. The summed E-state index contributed by atoms with van der Waals surface area (Å²) >= 11 is 0. The molecule has 0 bridgehead atoms. The zero-order chi connectivity index (χ0) is 17.6. The van der Waals surface area contributed by atoms with Gasteiger partial charge in [0.15, 0.2) is 11.5 Å². The van der Waals surface area contributed by atoms with Gasteiger partial charge in [0.05, 0.1) is 11.0 Å². The Bertz CT molecular complexity index is 816. The molecule has 2 aromatic carbocycles. The molecule has 0 fully saturated rings. The lowest BCUT2D eigenvalue weighted by Crippen LogP contribution is -2.17. The van der Waals surface area contributed by atoms with Crippen molar-refractivity contribution < 1.29 is 23.9 Å². The SMILES string of the molecule is O=C(OC/C=C/c1ccccc1)c1cc2c(cc1[N+](=O)[O-])OCCO2. The van der Waals surface area contributed by atoms with Crippen molar-refractivity contribution in [2.75, 3.05) is 19.8 Å². The molecule has 0 atom stereocenters. The Morgan fingerprint density at radius 3 is 2.52 bits per heavy atom. The number of nitro benzene ring substituents is 1. The van der Waals surface area contributed by atoms with Crippen LogP contribution in [0.15, 0.2) is 48.5 Å². The minimum atomic E-state index is -0.790. The molecular formula is C18H15NO6. The fourth-order valence-electron chi connectivity index (χ4n) is 2.34. The van der Waals surface area contributed by atoms with Crippen molar-refractivity contribution in [3.8, 4) is 11.5 Å². The van der Waals surface area contributed by atoms with E-state index in [2.05, 4.69) is 0 Å². The monoisotopic (exact) mass is 341 g/mol. The van der Waals surface area contributed by atoms with Crippen LogP contribution in [0.4, 0.5) is 5.69 Å². The Balaban J connectivity index is 1.72. The van der Waals surface area contributed by atoms with Crippen LogP contribution in [0.5, 0.6) is 11.5 Å². The molecule has 2 aromatic rings. The highest BCUT2D eigenvalue weighted by Crippen LogP contribution is 2.36. The summed E-state index contributed by atoms with van der Waals surface area (Å²) in [7, 11) is 0. The number of nitrogens with zero attached hydrogens (tertiary/aromatic N) is 1. The second kappa shape index (κ2) is 7.48. The normalized spacial score (nSPS) is 12.8. The van der Waals surface area contributed by atoms with Gasteiger partial charge in [-0.05, 0) is 11.6 Å². The van der Waals surface area contributed by atoms with Crippen LogP contribution in [-0.2, 0) is 4.74 Å². The largest absolute Gasteiger partial charge is 0.486 e. The predicted molar refractivity (Wildman–Crippen MR) is 89.8 cm³/mol. The number of fused-ring (bicyclic) bond motifs is 1. The van der Waals surface area contributed by atoms with Crippen molar-refractivity contribution in [1.29, 1.82) is 0 Å². The molecule has 0 saturated carbocycles. The highest BCUT2D eigenvalue weighted by atomic mass is 16.6. The number of ether oxygens (including phenoxy) is 3. The summed E-state index contributed by atoms with van der Waals surface area (Å²) in [6.07, 6.45) is 3.46. The summed E-state index contributed by atoms with van der Waals surface area (Å²) in [5.41, 5.74) is 0.424. The minimum Gasteiger partial charge on any atom is -0.486 e. The zero-order valence-electron chi connectivity index (χ0n) is 13.2. The topological polar surface area (TPSA) is 87.9 Å². The molecule has 128 valence electrons. The Morgan fingerprint density at radius 2 is 1.84 bits per heavy atom. The number of benzene rings is 2. The van der Waals surface area contributed by atoms with Crippen molar-refractivity contribution in [3.63, 3.8) is 0 Å². The zero-order valence-corrected chi connectivity index (χ0v) is 13.2. The van der Waals surface area contributed by atoms with Gasteiger partial charge in [-0.3, -0.25) is 10.1 Å². The predicted octanol–water partition coefficient (Wildman–Crippen LogP) is 3.24. The Hall–Kier alpha value is -3.35. The maximum Gasteiger partial charge on any atom is 0.345 e. The first kappa shape index (κ1) is 16.5. The number of carbonyl (C=O) groups excluding carboxylic acids is 1. The molecule has 1 aliphatic rings. The van der Waals surface area contributed by atoms with E-state index < -0.39 is 10.9 Å². The van der Waals surface area contributed by atoms with Gasteiger partial charge in [0.25, 0.3) is 5.69 Å². The van der Waals surface area contributed by atoms with Gasteiger partial charge in [0.1, 0.15) is 25.4 Å². The lowest BCUT2D eigenvalue weighted by Gasteiger charge is -2.18. The molecule has 1 aliphatic heterocycles. The van der Waals surface area contributed by atoms with Crippen LogP contribution in [0.2, 0.25) is 0 Å². The van der Waals surface area contributed by atoms with E-state index in [4.69, 9.17) is 14.2 Å². The third-order valence-corrected chi connectivity index (χ3v) is 3.50. The van der Waals surface area contributed by atoms with Gasteiger partial charge in [-0.25, -0.2) is 4.79 Å². The fraction of sp³-hybridized carbons (Fsp3) is 0.167. The summed E-state index contributed by atoms with van der Waals surface area (Å²) < 4.78 is 15.8. The summed E-state index contributed by atoms with van der Waals surface area (Å²) in [5.74, 6) is -0.247. The third kappa shape index (κ3) is 3.95. The summed E-state index contributed by atoms with van der Waals surface area (Å²) in [6.45, 7) is 0.622. The second-order valence-electron chi connectivity index (χ2n) is 5.18. The molecule has 7 nitrogen and oxygen atoms in total. The standard InChI is InChI=1S/C18H15NO6/c20-18(25-8-4-7-13-5-2-1-3-6-13)14-11-16-17(24-10-9-23-16)12-15(14)19(21)22/h1-7,11-12H,8-10H2/b7-4+. The number of hydrogen-bond acceptors (Lipinski definition) is 6. The molecule has 1 heterocycles. The van der Waals surface area contributed by atoms with E-state index in [0.717, 1.165) is 5.56 Å². The lowest BCUT2D eigenvalue weighted by molar-refractivity contribution is -0.385.